The average molecular weight is 350 g/mol. The van der Waals surface area contributed by atoms with Gasteiger partial charge >= 0.3 is 5.97 Å². The summed E-state index contributed by atoms with van der Waals surface area (Å²) in [6.45, 7) is 9.55. The van der Waals surface area contributed by atoms with Gasteiger partial charge in [0.2, 0.25) is 0 Å². The molecule has 3 aliphatic heterocycles. The Hall–Kier alpha value is -1.17. The van der Waals surface area contributed by atoms with Crippen LogP contribution in [0, 0.1) is 11.8 Å². The molecule has 0 saturated carbocycles. The molecule has 2 saturated heterocycles. The van der Waals surface area contributed by atoms with Gasteiger partial charge in [-0.25, -0.2) is 4.79 Å². The number of rotatable bonds is 0. The molecule has 0 aromatic carbocycles. The quantitative estimate of drug-likeness (QED) is 0.399. The lowest BCUT2D eigenvalue weighted by molar-refractivity contribution is -0.206. The van der Waals surface area contributed by atoms with Crippen LogP contribution >= 0.6 is 0 Å². The summed E-state index contributed by atoms with van der Waals surface area (Å²) in [6, 6.07) is 0. The van der Waals surface area contributed by atoms with Crippen molar-refractivity contribution < 1.29 is 24.5 Å². The highest BCUT2D eigenvalue weighted by Gasteiger charge is 2.53. The Morgan fingerprint density at radius 2 is 2.00 bits per heavy atom. The molecule has 3 heterocycles. The van der Waals surface area contributed by atoms with Gasteiger partial charge in [-0.2, -0.15) is 0 Å². The van der Waals surface area contributed by atoms with Crippen molar-refractivity contribution in [3.8, 4) is 0 Å². The van der Waals surface area contributed by atoms with Crippen LogP contribution < -0.4 is 0 Å². The maximum absolute atomic E-state index is 12.0. The molecule has 0 aromatic rings. The van der Waals surface area contributed by atoms with E-state index in [9.17, 15) is 15.0 Å². The Labute approximate surface area is 149 Å². The molecule has 5 nitrogen and oxygen atoms in total. The number of carbonyl (C=O) groups is 1. The van der Waals surface area contributed by atoms with E-state index in [-0.39, 0.29) is 30.0 Å². The number of hydrogen-bond donors (Lipinski definition) is 2. The zero-order valence-corrected chi connectivity index (χ0v) is 15.4. The SMILES string of the molecule is C=C1C(=O)O[C@H]2[C@H]3O[C@@H](C[C@@H]12)[C@](C)(O)C/C=C\[C@@](C)(O)CCC[C@H]3C. The first-order valence-corrected chi connectivity index (χ1v) is 9.28. The number of ether oxygens (including phenoxy) is 2. The van der Waals surface area contributed by atoms with Crippen LogP contribution in [0.2, 0.25) is 0 Å². The van der Waals surface area contributed by atoms with E-state index < -0.39 is 17.3 Å². The molecule has 0 radical (unpaired) electrons. The number of aliphatic hydroxyl groups is 2. The Bertz CT molecular complexity index is 577. The van der Waals surface area contributed by atoms with Gasteiger partial charge in [0.25, 0.3) is 0 Å². The second-order valence-corrected chi connectivity index (χ2v) is 8.52. The smallest absolute Gasteiger partial charge is 0.334 e. The summed E-state index contributed by atoms with van der Waals surface area (Å²) >= 11 is 0. The van der Waals surface area contributed by atoms with E-state index in [1.165, 1.54) is 0 Å². The van der Waals surface area contributed by atoms with Gasteiger partial charge in [-0.05, 0) is 51.9 Å². The number of carbonyl (C=O) groups excluding carboxylic acids is 1. The largest absolute Gasteiger partial charge is 0.456 e. The van der Waals surface area contributed by atoms with Gasteiger partial charge in [-0.15, -0.1) is 0 Å². The van der Waals surface area contributed by atoms with Crippen molar-refractivity contribution in [3.05, 3.63) is 24.3 Å². The van der Waals surface area contributed by atoms with Crippen molar-refractivity contribution in [2.24, 2.45) is 11.8 Å². The van der Waals surface area contributed by atoms with Gasteiger partial charge in [-0.3, -0.25) is 0 Å². The van der Waals surface area contributed by atoms with E-state index in [4.69, 9.17) is 9.47 Å². The highest BCUT2D eigenvalue weighted by molar-refractivity contribution is 5.91. The summed E-state index contributed by atoms with van der Waals surface area (Å²) in [5, 5.41) is 21.4. The lowest BCUT2D eigenvalue weighted by Crippen LogP contribution is -2.54. The van der Waals surface area contributed by atoms with E-state index in [1.807, 2.05) is 6.08 Å². The van der Waals surface area contributed by atoms with E-state index in [0.29, 0.717) is 24.8 Å². The third kappa shape index (κ3) is 3.69. The Morgan fingerprint density at radius 1 is 1.28 bits per heavy atom. The van der Waals surface area contributed by atoms with Gasteiger partial charge in [0.15, 0.2) is 0 Å². The van der Waals surface area contributed by atoms with Crippen LogP contribution in [0.3, 0.4) is 0 Å². The zero-order valence-electron chi connectivity index (χ0n) is 15.4. The van der Waals surface area contributed by atoms with Crippen LogP contribution in [0.25, 0.3) is 0 Å². The zero-order chi connectivity index (χ0) is 18.4. The van der Waals surface area contributed by atoms with Gasteiger partial charge in [-0.1, -0.05) is 25.7 Å². The van der Waals surface area contributed by atoms with Crippen LogP contribution in [0.1, 0.15) is 52.9 Å². The van der Waals surface area contributed by atoms with E-state index in [2.05, 4.69) is 13.5 Å². The highest BCUT2D eigenvalue weighted by Crippen LogP contribution is 2.44. The summed E-state index contributed by atoms with van der Waals surface area (Å²) in [4.78, 5) is 12.0. The normalized spacial score (nSPS) is 49.6. The predicted molar refractivity (Wildman–Crippen MR) is 93.8 cm³/mol. The van der Waals surface area contributed by atoms with Crippen LogP contribution in [0.15, 0.2) is 24.3 Å². The number of esters is 1. The standard InChI is InChI=1S/C20H30O5/c1-12-7-5-8-19(3,22)9-6-10-20(4,23)15-11-14-13(2)18(21)25-17(14)16(12)24-15/h6,9,12,14-17,22-23H,2,5,7-8,10-11H2,1,3-4H3/b9-6-/t12-,14+,15+,16+,17-,19+,20-/m1/s1. The van der Waals surface area contributed by atoms with E-state index in [0.717, 1.165) is 12.8 Å². The van der Waals surface area contributed by atoms with Crippen LogP contribution in [-0.2, 0) is 14.3 Å². The van der Waals surface area contributed by atoms with Crippen LogP contribution in [-0.4, -0.2) is 45.7 Å². The molecule has 0 amide bonds. The summed E-state index contributed by atoms with van der Waals surface area (Å²) in [7, 11) is 0. The minimum absolute atomic E-state index is 0.0970. The molecule has 5 heteroatoms. The third-order valence-corrected chi connectivity index (χ3v) is 6.07. The summed E-state index contributed by atoms with van der Waals surface area (Å²) in [5.74, 6) is -0.285. The molecule has 3 aliphatic rings. The topological polar surface area (TPSA) is 76.0 Å². The van der Waals surface area contributed by atoms with E-state index in [1.54, 1.807) is 19.9 Å². The number of hydrogen-bond acceptors (Lipinski definition) is 5. The molecule has 2 bridgehead atoms. The minimum Gasteiger partial charge on any atom is -0.456 e. The molecule has 0 unspecified atom stereocenters. The van der Waals surface area contributed by atoms with Crippen molar-refractivity contribution in [2.75, 3.05) is 0 Å². The maximum atomic E-state index is 12.0. The maximum Gasteiger partial charge on any atom is 0.334 e. The first kappa shape index (κ1) is 18.6. The van der Waals surface area contributed by atoms with Crippen LogP contribution in [0.5, 0.6) is 0 Å². The molecule has 3 rings (SSSR count). The summed E-state index contributed by atoms with van der Waals surface area (Å²) in [6.07, 6.45) is 5.89. The van der Waals surface area contributed by atoms with Gasteiger partial charge < -0.3 is 19.7 Å². The molecule has 140 valence electrons. The molecule has 25 heavy (non-hydrogen) atoms. The average Bonchev–Trinajstić information content (AvgIpc) is 2.80. The van der Waals surface area contributed by atoms with Crippen molar-refractivity contribution in [3.63, 3.8) is 0 Å². The molecule has 0 aliphatic carbocycles. The van der Waals surface area contributed by atoms with Crippen LogP contribution in [0.4, 0.5) is 0 Å². The molecule has 2 N–H and O–H groups in total. The molecule has 0 aromatic heterocycles. The second kappa shape index (κ2) is 6.53. The fourth-order valence-electron chi connectivity index (χ4n) is 4.33. The van der Waals surface area contributed by atoms with Crippen molar-refractivity contribution in [2.45, 2.75) is 82.4 Å². The minimum atomic E-state index is -1.08. The third-order valence-electron chi connectivity index (χ3n) is 6.07. The molecular weight excluding hydrogens is 320 g/mol. The fraction of sp³-hybridized carbons (Fsp3) is 0.750. The Morgan fingerprint density at radius 3 is 2.72 bits per heavy atom. The Kier molecular flexibility index (Phi) is 4.86. The lowest BCUT2D eigenvalue weighted by atomic mass is 9.76. The van der Waals surface area contributed by atoms with Crippen molar-refractivity contribution >= 4 is 5.97 Å². The predicted octanol–water partition coefficient (Wildman–Crippen LogP) is 2.51. The second-order valence-electron chi connectivity index (χ2n) is 8.52. The highest BCUT2D eigenvalue weighted by atomic mass is 16.6. The van der Waals surface area contributed by atoms with Gasteiger partial charge in [0, 0.05) is 11.5 Å². The fourth-order valence-corrected chi connectivity index (χ4v) is 4.33. The summed E-state index contributed by atoms with van der Waals surface area (Å²) < 4.78 is 11.8. The van der Waals surface area contributed by atoms with Gasteiger partial charge in [0.1, 0.15) is 6.10 Å². The molecule has 2 fully saturated rings. The molecule has 0 spiro atoms. The lowest BCUT2D eigenvalue weighted by Gasteiger charge is -2.45. The van der Waals surface area contributed by atoms with Crippen molar-refractivity contribution in [1.29, 1.82) is 0 Å². The molecule has 7 atom stereocenters. The number of fused-ring (bicyclic) bond motifs is 4. The van der Waals surface area contributed by atoms with Crippen molar-refractivity contribution in [1.82, 2.24) is 0 Å². The first-order chi connectivity index (χ1) is 11.6. The Balaban J connectivity index is 1.92. The summed E-state index contributed by atoms with van der Waals surface area (Å²) in [5.41, 5.74) is -1.46. The van der Waals surface area contributed by atoms with Gasteiger partial charge in [0.05, 0.1) is 23.4 Å². The first-order valence-electron chi connectivity index (χ1n) is 9.28. The van der Waals surface area contributed by atoms with E-state index >= 15 is 0 Å². The monoisotopic (exact) mass is 350 g/mol. The molecular formula is C20H30O5.